The van der Waals surface area contributed by atoms with E-state index >= 15 is 0 Å². The number of carbonyl (C=O) groups excluding carboxylic acids is 1. The van der Waals surface area contributed by atoms with Crippen molar-refractivity contribution in [2.75, 3.05) is 13.1 Å². The van der Waals surface area contributed by atoms with Crippen LogP contribution in [0.2, 0.25) is 0 Å². The van der Waals surface area contributed by atoms with Crippen LogP contribution in [-0.2, 0) is 14.8 Å². The highest BCUT2D eigenvalue weighted by Gasteiger charge is 2.34. The number of aryl methyl sites for hydroxylation is 1. The van der Waals surface area contributed by atoms with E-state index in [0.29, 0.717) is 18.4 Å². The van der Waals surface area contributed by atoms with Crippen LogP contribution in [0, 0.1) is 6.92 Å². The fourth-order valence-corrected chi connectivity index (χ4v) is 4.91. The molecule has 1 aromatic carbocycles. The van der Waals surface area contributed by atoms with Gasteiger partial charge in [0, 0.05) is 36.9 Å². The van der Waals surface area contributed by atoms with Crippen LogP contribution >= 0.6 is 0 Å². The lowest BCUT2D eigenvalue weighted by Crippen LogP contribution is -2.41. The van der Waals surface area contributed by atoms with Crippen molar-refractivity contribution in [2.45, 2.75) is 50.7 Å². The normalized spacial score (nSPS) is 18.6. The van der Waals surface area contributed by atoms with E-state index in [1.54, 1.807) is 45.3 Å². The molecule has 0 spiro atoms. The van der Waals surface area contributed by atoms with Gasteiger partial charge in [-0.05, 0) is 51.1 Å². The van der Waals surface area contributed by atoms with Gasteiger partial charge < -0.3 is 10.1 Å². The zero-order valence-corrected chi connectivity index (χ0v) is 16.8. The van der Waals surface area contributed by atoms with Crippen LogP contribution < -0.4 is 5.32 Å². The standard InChI is InChI=1S/C19H25N3O4S/c1-13-10-20-11-16-15(13)6-5-7-17(16)27(24,25)22-9-8-14(12-22)21-18(23)26-19(2,3)4/h5-7,10-11,14H,8-9,12H2,1-4H3,(H,21,23)/t14-/m1/s1. The summed E-state index contributed by atoms with van der Waals surface area (Å²) < 4.78 is 33.0. The lowest BCUT2D eigenvalue weighted by Gasteiger charge is -2.22. The Kier molecular flexibility index (Phi) is 5.14. The van der Waals surface area contributed by atoms with E-state index in [1.807, 2.05) is 13.0 Å². The summed E-state index contributed by atoms with van der Waals surface area (Å²) in [6, 6.07) is 4.97. The quantitative estimate of drug-likeness (QED) is 0.869. The molecule has 0 bridgehead atoms. The Morgan fingerprint density at radius 1 is 1.26 bits per heavy atom. The highest BCUT2D eigenvalue weighted by atomic mass is 32.2. The number of rotatable bonds is 3. The van der Waals surface area contributed by atoms with Crippen LogP contribution in [0.15, 0.2) is 35.5 Å². The molecule has 2 heterocycles. The third kappa shape index (κ3) is 4.22. The number of ether oxygens (including phenoxy) is 1. The van der Waals surface area contributed by atoms with Crippen LogP contribution in [0.25, 0.3) is 10.8 Å². The molecular weight excluding hydrogens is 366 g/mol. The van der Waals surface area contributed by atoms with Gasteiger partial charge in [0.2, 0.25) is 10.0 Å². The Morgan fingerprint density at radius 2 is 2.00 bits per heavy atom. The van der Waals surface area contributed by atoms with Gasteiger partial charge in [-0.15, -0.1) is 0 Å². The van der Waals surface area contributed by atoms with Crippen molar-refractivity contribution in [3.63, 3.8) is 0 Å². The van der Waals surface area contributed by atoms with Crippen molar-refractivity contribution in [1.29, 1.82) is 0 Å². The Bertz CT molecular complexity index is 967. The molecular formula is C19H25N3O4S. The topological polar surface area (TPSA) is 88.6 Å². The fraction of sp³-hybridized carbons (Fsp3) is 0.474. The number of pyridine rings is 1. The van der Waals surface area contributed by atoms with Crippen molar-refractivity contribution < 1.29 is 17.9 Å². The first-order chi connectivity index (χ1) is 12.6. The van der Waals surface area contributed by atoms with Gasteiger partial charge in [-0.3, -0.25) is 4.98 Å². The minimum absolute atomic E-state index is 0.219. The van der Waals surface area contributed by atoms with Gasteiger partial charge in [0.25, 0.3) is 0 Å². The van der Waals surface area contributed by atoms with Crippen LogP contribution in [0.5, 0.6) is 0 Å². The number of carbonyl (C=O) groups is 1. The number of hydrogen-bond acceptors (Lipinski definition) is 5. The van der Waals surface area contributed by atoms with E-state index in [9.17, 15) is 13.2 Å². The van der Waals surface area contributed by atoms with E-state index in [2.05, 4.69) is 10.3 Å². The monoisotopic (exact) mass is 391 g/mol. The minimum atomic E-state index is -3.68. The second-order valence-electron chi connectivity index (χ2n) is 7.80. The molecule has 1 amide bonds. The third-order valence-corrected chi connectivity index (χ3v) is 6.38. The second-order valence-corrected chi connectivity index (χ2v) is 9.71. The molecule has 27 heavy (non-hydrogen) atoms. The van der Waals surface area contributed by atoms with Crippen molar-refractivity contribution in [3.8, 4) is 0 Å². The van der Waals surface area contributed by atoms with Gasteiger partial charge in [0.1, 0.15) is 5.60 Å². The molecule has 2 aromatic rings. The summed E-state index contributed by atoms with van der Waals surface area (Å²) in [5, 5.41) is 4.24. The van der Waals surface area contributed by atoms with Crippen molar-refractivity contribution in [3.05, 3.63) is 36.2 Å². The van der Waals surface area contributed by atoms with E-state index in [4.69, 9.17) is 4.74 Å². The molecule has 1 N–H and O–H groups in total. The van der Waals surface area contributed by atoms with Crippen molar-refractivity contribution in [2.24, 2.45) is 0 Å². The fourth-order valence-electron chi connectivity index (χ4n) is 3.22. The molecule has 146 valence electrons. The number of amides is 1. The highest BCUT2D eigenvalue weighted by Crippen LogP contribution is 2.28. The first kappa shape index (κ1) is 19.6. The van der Waals surface area contributed by atoms with Gasteiger partial charge in [0.15, 0.2) is 0 Å². The Balaban J connectivity index is 1.80. The maximum atomic E-state index is 13.2. The molecule has 0 saturated carbocycles. The van der Waals surface area contributed by atoms with Gasteiger partial charge in [0.05, 0.1) is 4.90 Å². The Morgan fingerprint density at radius 3 is 2.70 bits per heavy atom. The van der Waals surface area contributed by atoms with E-state index < -0.39 is 21.7 Å². The Hall–Kier alpha value is -2.19. The van der Waals surface area contributed by atoms with E-state index in [-0.39, 0.29) is 17.5 Å². The van der Waals surface area contributed by atoms with Crippen molar-refractivity contribution in [1.82, 2.24) is 14.6 Å². The number of hydrogen-bond donors (Lipinski definition) is 1. The van der Waals surface area contributed by atoms with E-state index in [0.717, 1.165) is 10.9 Å². The van der Waals surface area contributed by atoms with Crippen LogP contribution in [-0.4, -0.2) is 48.5 Å². The zero-order valence-electron chi connectivity index (χ0n) is 16.0. The summed E-state index contributed by atoms with van der Waals surface area (Å²) in [5.74, 6) is 0. The van der Waals surface area contributed by atoms with Gasteiger partial charge in [-0.25, -0.2) is 13.2 Å². The molecule has 1 aliphatic heterocycles. The summed E-state index contributed by atoms with van der Waals surface area (Å²) in [7, 11) is -3.68. The van der Waals surface area contributed by atoms with Gasteiger partial charge >= 0.3 is 6.09 Å². The molecule has 8 heteroatoms. The molecule has 7 nitrogen and oxygen atoms in total. The minimum Gasteiger partial charge on any atom is -0.444 e. The first-order valence-electron chi connectivity index (χ1n) is 8.91. The number of aromatic nitrogens is 1. The number of benzene rings is 1. The smallest absolute Gasteiger partial charge is 0.407 e. The lowest BCUT2D eigenvalue weighted by molar-refractivity contribution is 0.0507. The second kappa shape index (κ2) is 7.09. The Labute approximate surface area is 159 Å². The maximum absolute atomic E-state index is 13.2. The molecule has 1 fully saturated rings. The van der Waals surface area contributed by atoms with Crippen molar-refractivity contribution >= 4 is 26.9 Å². The van der Waals surface area contributed by atoms with Crippen LogP contribution in [0.1, 0.15) is 32.8 Å². The number of nitrogens with zero attached hydrogens (tertiary/aromatic N) is 2. The highest BCUT2D eigenvalue weighted by molar-refractivity contribution is 7.89. The molecule has 0 aliphatic carbocycles. The SMILES string of the molecule is Cc1cncc2c(S(=O)(=O)N3CC[C@@H](NC(=O)OC(C)(C)C)C3)cccc12. The van der Waals surface area contributed by atoms with Gasteiger partial charge in [-0.2, -0.15) is 4.31 Å². The van der Waals surface area contributed by atoms with Crippen LogP contribution in [0.4, 0.5) is 4.79 Å². The molecule has 0 unspecified atom stereocenters. The molecule has 1 atom stereocenters. The third-order valence-electron chi connectivity index (χ3n) is 4.45. The summed E-state index contributed by atoms with van der Waals surface area (Å²) in [6.07, 6.45) is 3.31. The molecule has 0 radical (unpaired) electrons. The number of fused-ring (bicyclic) bond motifs is 1. The summed E-state index contributed by atoms with van der Waals surface area (Å²) in [5.41, 5.74) is 0.331. The van der Waals surface area contributed by atoms with E-state index in [1.165, 1.54) is 4.31 Å². The molecule has 1 saturated heterocycles. The number of alkyl carbamates (subject to hydrolysis) is 1. The maximum Gasteiger partial charge on any atom is 0.407 e. The number of sulfonamides is 1. The lowest BCUT2D eigenvalue weighted by atomic mass is 10.1. The average Bonchev–Trinajstić information content (AvgIpc) is 3.02. The summed E-state index contributed by atoms with van der Waals surface area (Å²) >= 11 is 0. The molecule has 1 aromatic heterocycles. The predicted molar refractivity (Wildman–Crippen MR) is 103 cm³/mol. The number of nitrogens with one attached hydrogen (secondary N) is 1. The molecule has 1 aliphatic rings. The average molecular weight is 391 g/mol. The van der Waals surface area contributed by atoms with Crippen LogP contribution in [0.3, 0.4) is 0 Å². The summed E-state index contributed by atoms with van der Waals surface area (Å²) in [6.45, 7) is 7.83. The zero-order chi connectivity index (χ0) is 19.8. The summed E-state index contributed by atoms with van der Waals surface area (Å²) in [4.78, 5) is 16.3. The van der Waals surface area contributed by atoms with Gasteiger partial charge in [-0.1, -0.05) is 12.1 Å². The first-order valence-corrected chi connectivity index (χ1v) is 10.3. The predicted octanol–water partition coefficient (Wildman–Crippen LogP) is 2.83. The largest absolute Gasteiger partial charge is 0.444 e. The molecule has 3 rings (SSSR count).